The standard InChI is InChI=1S/C20H25NO5/c1-2-20(24)10-3-11-21(14-20)12-15-4-6-16(7-5-15)25-13-17-8-9-18(26-17)19(22)23/h4-9,24H,2-3,10-14H2,1H3,(H,22,23)/t20-/m0/s1. The number of carbonyl (C=O) groups is 1. The molecular weight excluding hydrogens is 334 g/mol. The molecule has 6 heteroatoms. The molecule has 2 N–H and O–H groups in total. The maximum Gasteiger partial charge on any atom is 0.371 e. The third kappa shape index (κ3) is 4.65. The Labute approximate surface area is 153 Å². The average Bonchev–Trinajstić information content (AvgIpc) is 3.11. The highest BCUT2D eigenvalue weighted by Gasteiger charge is 2.31. The number of piperidine rings is 1. The molecule has 0 aliphatic carbocycles. The number of benzene rings is 1. The van der Waals surface area contributed by atoms with Crippen LogP contribution in [0.5, 0.6) is 5.75 Å². The zero-order valence-corrected chi connectivity index (χ0v) is 15.0. The molecule has 0 amide bonds. The summed E-state index contributed by atoms with van der Waals surface area (Å²) < 4.78 is 10.8. The smallest absolute Gasteiger partial charge is 0.371 e. The van der Waals surface area contributed by atoms with Gasteiger partial charge in [-0.25, -0.2) is 4.79 Å². The molecule has 1 aliphatic rings. The Morgan fingerprint density at radius 2 is 2.04 bits per heavy atom. The number of carboxylic acids is 1. The lowest BCUT2D eigenvalue weighted by atomic mass is 9.90. The van der Waals surface area contributed by atoms with Crippen molar-refractivity contribution in [3.8, 4) is 5.75 Å². The van der Waals surface area contributed by atoms with Crippen molar-refractivity contribution in [2.24, 2.45) is 0 Å². The van der Waals surface area contributed by atoms with Crippen LogP contribution in [0.2, 0.25) is 0 Å². The Morgan fingerprint density at radius 3 is 2.69 bits per heavy atom. The fourth-order valence-electron chi connectivity index (χ4n) is 3.30. The second kappa shape index (κ2) is 7.93. The minimum atomic E-state index is -1.09. The number of hydrogen-bond donors (Lipinski definition) is 2. The minimum absolute atomic E-state index is 0.0903. The molecule has 0 saturated carbocycles. The first-order valence-electron chi connectivity index (χ1n) is 8.96. The highest BCUT2D eigenvalue weighted by molar-refractivity contribution is 5.84. The zero-order valence-electron chi connectivity index (χ0n) is 15.0. The summed E-state index contributed by atoms with van der Waals surface area (Å²) in [5.74, 6) is -0.00909. The summed E-state index contributed by atoms with van der Waals surface area (Å²) in [4.78, 5) is 13.1. The second-order valence-corrected chi connectivity index (χ2v) is 6.90. The molecule has 0 spiro atoms. The molecule has 6 nitrogen and oxygen atoms in total. The van der Waals surface area contributed by atoms with Crippen molar-refractivity contribution in [1.29, 1.82) is 0 Å². The second-order valence-electron chi connectivity index (χ2n) is 6.90. The minimum Gasteiger partial charge on any atom is -0.486 e. The van der Waals surface area contributed by atoms with E-state index in [1.807, 2.05) is 31.2 Å². The summed E-state index contributed by atoms with van der Waals surface area (Å²) in [5.41, 5.74) is 0.614. The van der Waals surface area contributed by atoms with E-state index in [9.17, 15) is 9.90 Å². The number of aromatic carboxylic acids is 1. The van der Waals surface area contributed by atoms with Gasteiger partial charge in [-0.15, -0.1) is 0 Å². The first-order valence-corrected chi connectivity index (χ1v) is 8.96. The van der Waals surface area contributed by atoms with Gasteiger partial charge in [-0.2, -0.15) is 0 Å². The molecule has 1 atom stereocenters. The summed E-state index contributed by atoms with van der Waals surface area (Å²) in [5, 5.41) is 19.3. The summed E-state index contributed by atoms with van der Waals surface area (Å²) in [6.45, 7) is 4.75. The van der Waals surface area contributed by atoms with E-state index >= 15 is 0 Å². The maximum atomic E-state index is 10.8. The predicted molar refractivity (Wildman–Crippen MR) is 96.2 cm³/mol. The molecule has 0 radical (unpaired) electrons. The van der Waals surface area contributed by atoms with Crippen LogP contribution in [-0.2, 0) is 13.2 Å². The van der Waals surface area contributed by atoms with Crippen LogP contribution < -0.4 is 4.74 Å². The quantitative estimate of drug-likeness (QED) is 0.789. The fraction of sp³-hybridized carbons (Fsp3) is 0.450. The summed E-state index contributed by atoms with van der Waals surface area (Å²) in [6.07, 6.45) is 2.68. The number of ether oxygens (including phenoxy) is 1. The average molecular weight is 359 g/mol. The summed E-state index contributed by atoms with van der Waals surface area (Å²) in [7, 11) is 0. The largest absolute Gasteiger partial charge is 0.486 e. The SMILES string of the molecule is CC[C@]1(O)CCCN(Cc2ccc(OCc3ccc(C(=O)O)o3)cc2)C1. The first-order chi connectivity index (χ1) is 12.5. The van der Waals surface area contributed by atoms with E-state index in [0.717, 1.165) is 32.4 Å². The molecule has 26 heavy (non-hydrogen) atoms. The number of rotatable bonds is 7. The van der Waals surface area contributed by atoms with Crippen molar-refractivity contribution in [3.63, 3.8) is 0 Å². The lowest BCUT2D eigenvalue weighted by Gasteiger charge is -2.38. The molecule has 1 aromatic carbocycles. The van der Waals surface area contributed by atoms with Crippen molar-refractivity contribution >= 4 is 5.97 Å². The van der Waals surface area contributed by atoms with E-state index < -0.39 is 11.6 Å². The number of aliphatic hydroxyl groups is 1. The number of likely N-dealkylation sites (tertiary alicyclic amines) is 1. The van der Waals surface area contributed by atoms with Crippen molar-refractivity contribution < 1.29 is 24.2 Å². The molecule has 2 heterocycles. The van der Waals surface area contributed by atoms with E-state index in [1.165, 1.54) is 11.6 Å². The van der Waals surface area contributed by atoms with Crippen LogP contribution >= 0.6 is 0 Å². The van der Waals surface area contributed by atoms with Gasteiger partial charge in [-0.1, -0.05) is 19.1 Å². The Hall–Kier alpha value is -2.31. The molecule has 1 saturated heterocycles. The van der Waals surface area contributed by atoms with Crippen LogP contribution in [0.25, 0.3) is 0 Å². The monoisotopic (exact) mass is 359 g/mol. The van der Waals surface area contributed by atoms with Gasteiger partial charge in [-0.05, 0) is 55.6 Å². The number of furan rings is 1. The first kappa shape index (κ1) is 18.5. The Balaban J connectivity index is 1.52. The van der Waals surface area contributed by atoms with Gasteiger partial charge >= 0.3 is 5.97 Å². The summed E-state index contributed by atoms with van der Waals surface area (Å²) in [6, 6.07) is 10.8. The fourth-order valence-corrected chi connectivity index (χ4v) is 3.30. The van der Waals surface area contributed by atoms with Gasteiger partial charge in [0.2, 0.25) is 5.76 Å². The molecular formula is C20H25NO5. The molecule has 1 fully saturated rings. The lowest BCUT2D eigenvalue weighted by molar-refractivity contribution is -0.0357. The van der Waals surface area contributed by atoms with Crippen molar-refractivity contribution in [2.75, 3.05) is 13.1 Å². The molecule has 140 valence electrons. The van der Waals surface area contributed by atoms with Gasteiger partial charge in [0.1, 0.15) is 18.1 Å². The third-order valence-electron chi connectivity index (χ3n) is 4.88. The van der Waals surface area contributed by atoms with Crippen LogP contribution in [0.4, 0.5) is 0 Å². The Morgan fingerprint density at radius 1 is 1.27 bits per heavy atom. The van der Waals surface area contributed by atoms with Gasteiger partial charge in [0.15, 0.2) is 0 Å². The zero-order chi connectivity index (χ0) is 18.6. The van der Waals surface area contributed by atoms with Crippen LogP contribution in [0.15, 0.2) is 40.8 Å². The van der Waals surface area contributed by atoms with E-state index in [2.05, 4.69) is 4.90 Å². The number of hydrogen-bond acceptors (Lipinski definition) is 5. The molecule has 1 aromatic heterocycles. The van der Waals surface area contributed by atoms with E-state index in [-0.39, 0.29) is 12.4 Å². The van der Waals surface area contributed by atoms with Gasteiger partial charge in [-0.3, -0.25) is 4.90 Å². The van der Waals surface area contributed by atoms with Gasteiger partial charge in [0.25, 0.3) is 0 Å². The Bertz CT molecular complexity index is 739. The Kier molecular flexibility index (Phi) is 5.64. The highest BCUT2D eigenvalue weighted by Crippen LogP contribution is 2.25. The predicted octanol–water partition coefficient (Wildman–Crippen LogP) is 3.29. The molecule has 0 bridgehead atoms. The highest BCUT2D eigenvalue weighted by atomic mass is 16.5. The lowest BCUT2D eigenvalue weighted by Crippen LogP contribution is -2.47. The van der Waals surface area contributed by atoms with Gasteiger partial charge in [0, 0.05) is 13.1 Å². The number of carboxylic acid groups (broad SMARTS) is 1. The molecule has 2 aromatic rings. The third-order valence-corrected chi connectivity index (χ3v) is 4.88. The van der Waals surface area contributed by atoms with Crippen LogP contribution in [-0.4, -0.2) is 39.8 Å². The topological polar surface area (TPSA) is 83.1 Å². The van der Waals surface area contributed by atoms with Gasteiger partial charge < -0.3 is 19.4 Å². The number of nitrogens with zero attached hydrogens (tertiary/aromatic N) is 1. The van der Waals surface area contributed by atoms with Crippen molar-refractivity contribution in [1.82, 2.24) is 4.90 Å². The van der Waals surface area contributed by atoms with Crippen molar-refractivity contribution in [3.05, 3.63) is 53.5 Å². The van der Waals surface area contributed by atoms with Gasteiger partial charge in [0.05, 0.1) is 5.60 Å². The summed E-state index contributed by atoms with van der Waals surface area (Å²) >= 11 is 0. The maximum absolute atomic E-state index is 10.8. The number of β-amino-alcohol motifs (C(OH)–C–C–N with tert-alkyl or cyclic N) is 1. The van der Waals surface area contributed by atoms with E-state index in [4.69, 9.17) is 14.3 Å². The van der Waals surface area contributed by atoms with E-state index in [1.54, 1.807) is 6.07 Å². The molecule has 0 unspecified atom stereocenters. The molecule has 3 rings (SSSR count). The van der Waals surface area contributed by atoms with Crippen LogP contribution in [0, 0.1) is 0 Å². The van der Waals surface area contributed by atoms with Crippen LogP contribution in [0.3, 0.4) is 0 Å². The molecule has 1 aliphatic heterocycles. The van der Waals surface area contributed by atoms with Crippen molar-refractivity contribution in [2.45, 2.75) is 44.9 Å². The van der Waals surface area contributed by atoms with E-state index in [0.29, 0.717) is 18.1 Å². The van der Waals surface area contributed by atoms with Crippen LogP contribution in [0.1, 0.15) is 48.1 Å². The normalized spacial score (nSPS) is 20.8.